The van der Waals surface area contributed by atoms with Crippen molar-refractivity contribution in [3.8, 4) is 17.4 Å². The number of hydrogen-bond acceptors (Lipinski definition) is 6. The minimum atomic E-state index is -0.265. The molecule has 0 radical (unpaired) electrons. The molecule has 0 unspecified atom stereocenters. The second-order valence-electron chi connectivity index (χ2n) is 4.60. The molecule has 1 aromatic carbocycles. The maximum Gasteiger partial charge on any atom is 0.293 e. The van der Waals surface area contributed by atoms with Crippen molar-refractivity contribution in [3.05, 3.63) is 54.0 Å². The van der Waals surface area contributed by atoms with E-state index in [0.717, 1.165) is 0 Å². The average molecular weight is 313 g/mol. The van der Waals surface area contributed by atoms with Gasteiger partial charge < -0.3 is 19.0 Å². The average Bonchev–Trinajstić information content (AvgIpc) is 3.24. The molecule has 0 saturated carbocycles. The quantitative estimate of drug-likeness (QED) is 0.752. The Morgan fingerprint density at radius 3 is 2.91 bits per heavy atom. The normalized spacial score (nSPS) is 10.5. The van der Waals surface area contributed by atoms with Crippen LogP contribution in [0.25, 0.3) is 11.7 Å². The second-order valence-corrected chi connectivity index (χ2v) is 4.60. The Morgan fingerprint density at radius 2 is 2.13 bits per heavy atom. The Balaban J connectivity index is 1.65. The summed E-state index contributed by atoms with van der Waals surface area (Å²) >= 11 is 0. The van der Waals surface area contributed by atoms with E-state index < -0.39 is 0 Å². The highest BCUT2D eigenvalue weighted by molar-refractivity contribution is 5.96. The first-order valence-electron chi connectivity index (χ1n) is 7.14. The molecule has 0 bridgehead atoms. The summed E-state index contributed by atoms with van der Waals surface area (Å²) in [5, 5.41) is 6.54. The minimum Gasteiger partial charge on any atom is -0.493 e. The number of nitrogens with one attached hydrogen (secondary N) is 1. The third-order valence-electron chi connectivity index (χ3n) is 3.04. The number of rotatable bonds is 6. The summed E-state index contributed by atoms with van der Waals surface area (Å²) in [6.45, 7) is 2.50. The zero-order valence-electron chi connectivity index (χ0n) is 12.5. The minimum absolute atomic E-state index is 0.142. The molecule has 0 spiro atoms. The molecule has 118 valence electrons. The van der Waals surface area contributed by atoms with Gasteiger partial charge in [0.25, 0.3) is 11.8 Å². The number of furan rings is 1. The Bertz CT molecular complexity index is 780. The standard InChI is InChI=1S/C16H15N3O4/c1-2-21-12-7-4-3-6-11(12)15(20)17-10-14-18-16(23-19-14)13-8-5-9-22-13/h3-9H,2,10H2,1H3,(H,17,20). The Kier molecular flexibility index (Phi) is 4.37. The fourth-order valence-electron chi connectivity index (χ4n) is 2.02. The van der Waals surface area contributed by atoms with Crippen molar-refractivity contribution in [1.29, 1.82) is 0 Å². The van der Waals surface area contributed by atoms with Crippen molar-refractivity contribution in [1.82, 2.24) is 15.5 Å². The summed E-state index contributed by atoms with van der Waals surface area (Å²) in [6, 6.07) is 10.5. The first-order valence-corrected chi connectivity index (χ1v) is 7.14. The summed E-state index contributed by atoms with van der Waals surface area (Å²) in [6.07, 6.45) is 1.52. The summed E-state index contributed by atoms with van der Waals surface area (Å²) in [4.78, 5) is 16.4. The highest BCUT2D eigenvalue weighted by atomic mass is 16.5. The van der Waals surface area contributed by atoms with Crippen molar-refractivity contribution < 1.29 is 18.5 Å². The molecule has 0 aliphatic rings. The van der Waals surface area contributed by atoms with Gasteiger partial charge in [0.2, 0.25) is 0 Å². The number of aromatic nitrogens is 2. The van der Waals surface area contributed by atoms with Gasteiger partial charge >= 0.3 is 0 Å². The topological polar surface area (TPSA) is 90.4 Å². The maximum absolute atomic E-state index is 12.3. The lowest BCUT2D eigenvalue weighted by molar-refractivity contribution is 0.0946. The SMILES string of the molecule is CCOc1ccccc1C(=O)NCc1noc(-c2ccco2)n1. The Labute approximate surface area is 132 Å². The molecule has 7 heteroatoms. The van der Waals surface area contributed by atoms with Crippen LogP contribution in [-0.4, -0.2) is 22.7 Å². The zero-order valence-corrected chi connectivity index (χ0v) is 12.5. The molecule has 2 heterocycles. The van der Waals surface area contributed by atoms with Crippen LogP contribution in [0.2, 0.25) is 0 Å². The van der Waals surface area contributed by atoms with Gasteiger partial charge in [0.05, 0.1) is 25.0 Å². The fourth-order valence-corrected chi connectivity index (χ4v) is 2.02. The molecule has 1 N–H and O–H groups in total. The molecule has 3 aromatic rings. The van der Waals surface area contributed by atoms with E-state index in [1.807, 2.05) is 13.0 Å². The molecule has 2 aromatic heterocycles. The smallest absolute Gasteiger partial charge is 0.293 e. The third kappa shape index (κ3) is 3.39. The lowest BCUT2D eigenvalue weighted by Crippen LogP contribution is -2.24. The number of ether oxygens (including phenoxy) is 1. The van der Waals surface area contributed by atoms with Gasteiger partial charge in [-0.2, -0.15) is 4.98 Å². The summed E-state index contributed by atoms with van der Waals surface area (Å²) in [5.74, 6) is 1.39. The molecule has 3 rings (SSSR count). The number of amides is 1. The van der Waals surface area contributed by atoms with Crippen LogP contribution < -0.4 is 10.1 Å². The molecule has 0 aliphatic heterocycles. The predicted molar refractivity (Wildman–Crippen MR) is 80.8 cm³/mol. The molecule has 0 atom stereocenters. The van der Waals surface area contributed by atoms with Crippen LogP contribution in [0.5, 0.6) is 5.75 Å². The predicted octanol–water partition coefficient (Wildman–Crippen LogP) is 2.66. The van der Waals surface area contributed by atoms with E-state index in [1.54, 1.807) is 30.3 Å². The molecule has 23 heavy (non-hydrogen) atoms. The van der Waals surface area contributed by atoms with E-state index in [-0.39, 0.29) is 18.3 Å². The lowest BCUT2D eigenvalue weighted by Gasteiger charge is -2.09. The van der Waals surface area contributed by atoms with Crippen LogP contribution in [0.4, 0.5) is 0 Å². The van der Waals surface area contributed by atoms with E-state index in [4.69, 9.17) is 13.7 Å². The first-order chi connectivity index (χ1) is 11.3. The van der Waals surface area contributed by atoms with Crippen LogP contribution in [0.3, 0.4) is 0 Å². The van der Waals surface area contributed by atoms with E-state index in [0.29, 0.717) is 29.5 Å². The monoisotopic (exact) mass is 313 g/mol. The van der Waals surface area contributed by atoms with Gasteiger partial charge in [-0.3, -0.25) is 4.79 Å². The van der Waals surface area contributed by atoms with E-state index in [9.17, 15) is 4.79 Å². The molecular weight excluding hydrogens is 298 g/mol. The van der Waals surface area contributed by atoms with Gasteiger partial charge in [0, 0.05) is 0 Å². The van der Waals surface area contributed by atoms with Gasteiger partial charge in [-0.15, -0.1) is 0 Å². The Hall–Kier alpha value is -3.09. The van der Waals surface area contributed by atoms with Crippen molar-refractivity contribution in [2.24, 2.45) is 0 Å². The molecule has 0 saturated heterocycles. The van der Waals surface area contributed by atoms with Gasteiger partial charge in [-0.1, -0.05) is 17.3 Å². The third-order valence-corrected chi connectivity index (χ3v) is 3.04. The molecular formula is C16H15N3O4. The number of benzene rings is 1. The van der Waals surface area contributed by atoms with E-state index in [2.05, 4.69) is 15.5 Å². The molecule has 1 amide bonds. The highest BCUT2D eigenvalue weighted by Crippen LogP contribution is 2.19. The summed E-state index contributed by atoms with van der Waals surface area (Å²) < 4.78 is 15.7. The van der Waals surface area contributed by atoms with E-state index >= 15 is 0 Å². The maximum atomic E-state index is 12.3. The molecule has 0 aliphatic carbocycles. The van der Waals surface area contributed by atoms with Gasteiger partial charge in [-0.25, -0.2) is 0 Å². The van der Waals surface area contributed by atoms with Gasteiger partial charge in [0.1, 0.15) is 5.75 Å². The number of nitrogens with zero attached hydrogens (tertiary/aromatic N) is 2. The number of hydrogen-bond donors (Lipinski definition) is 1. The van der Waals surface area contributed by atoms with Crippen LogP contribution in [0.1, 0.15) is 23.1 Å². The fraction of sp³-hybridized carbons (Fsp3) is 0.188. The van der Waals surface area contributed by atoms with Crippen molar-refractivity contribution in [2.75, 3.05) is 6.61 Å². The van der Waals surface area contributed by atoms with Crippen LogP contribution >= 0.6 is 0 Å². The van der Waals surface area contributed by atoms with E-state index in [1.165, 1.54) is 6.26 Å². The van der Waals surface area contributed by atoms with Crippen LogP contribution in [0.15, 0.2) is 51.6 Å². The van der Waals surface area contributed by atoms with Crippen molar-refractivity contribution in [2.45, 2.75) is 13.5 Å². The van der Waals surface area contributed by atoms with Crippen molar-refractivity contribution >= 4 is 5.91 Å². The summed E-state index contributed by atoms with van der Waals surface area (Å²) in [5.41, 5.74) is 0.462. The first kappa shape index (κ1) is 14.8. The van der Waals surface area contributed by atoms with Crippen LogP contribution in [-0.2, 0) is 6.54 Å². The Morgan fingerprint density at radius 1 is 1.26 bits per heavy atom. The zero-order chi connectivity index (χ0) is 16.1. The lowest BCUT2D eigenvalue weighted by atomic mass is 10.2. The van der Waals surface area contributed by atoms with Gasteiger partial charge in [-0.05, 0) is 31.2 Å². The summed E-state index contributed by atoms with van der Waals surface area (Å²) in [7, 11) is 0. The second kappa shape index (κ2) is 6.78. The molecule has 0 fully saturated rings. The van der Waals surface area contributed by atoms with Crippen molar-refractivity contribution in [3.63, 3.8) is 0 Å². The number of para-hydroxylation sites is 1. The van der Waals surface area contributed by atoms with Crippen LogP contribution in [0, 0.1) is 0 Å². The number of carbonyl (C=O) groups is 1. The largest absolute Gasteiger partial charge is 0.493 e. The highest BCUT2D eigenvalue weighted by Gasteiger charge is 2.14. The van der Waals surface area contributed by atoms with Gasteiger partial charge in [0.15, 0.2) is 11.6 Å². The molecule has 7 nitrogen and oxygen atoms in total. The number of carbonyl (C=O) groups excluding carboxylic acids is 1.